The number of Topliss-reactive ketones (excluding diaryl/α,β-unsaturated/α-hetero) is 1. The van der Waals surface area contributed by atoms with Gasteiger partial charge in [0.15, 0.2) is 17.4 Å². The third-order valence-corrected chi connectivity index (χ3v) is 5.46. The zero-order valence-corrected chi connectivity index (χ0v) is 16.3. The highest BCUT2D eigenvalue weighted by Crippen LogP contribution is 2.34. The van der Waals surface area contributed by atoms with Gasteiger partial charge >= 0.3 is 0 Å². The monoisotopic (exact) mass is 420 g/mol. The van der Waals surface area contributed by atoms with Crippen molar-refractivity contribution in [3.8, 4) is 5.75 Å². The predicted octanol–water partition coefficient (Wildman–Crippen LogP) is 0.245. The van der Waals surface area contributed by atoms with Crippen molar-refractivity contribution in [3.05, 3.63) is 59.2 Å². The number of carbonyl (C=O) groups excluding carboxylic acids is 2. The van der Waals surface area contributed by atoms with Gasteiger partial charge in [-0.25, -0.2) is 0 Å². The highest BCUT2D eigenvalue weighted by atomic mass is 27.0. The SMILES string of the molecule is Cc1ccnc2c(O)cccc12.O=C1C=C(N2CC2)C(=O)C(N2CC2)=C1N1CC1.[AlH3]. The molecule has 4 aliphatic rings. The molecule has 1 N–H and O–H groups in total. The number of ketones is 2. The molecule has 3 fully saturated rings. The third kappa shape index (κ3) is 3.81. The molecule has 1 aromatic carbocycles. The van der Waals surface area contributed by atoms with Crippen LogP contribution in [-0.4, -0.2) is 93.0 Å². The van der Waals surface area contributed by atoms with Gasteiger partial charge in [0.1, 0.15) is 22.7 Å². The average Bonchev–Trinajstić information content (AvgIpc) is 3.56. The Labute approximate surface area is 185 Å². The summed E-state index contributed by atoms with van der Waals surface area (Å²) in [5.41, 5.74) is 3.70. The van der Waals surface area contributed by atoms with Crippen LogP contribution in [0.15, 0.2) is 53.6 Å². The predicted molar refractivity (Wildman–Crippen MR) is 118 cm³/mol. The van der Waals surface area contributed by atoms with Crippen molar-refractivity contribution in [1.82, 2.24) is 19.7 Å². The minimum absolute atomic E-state index is 0. The Balaban J connectivity index is 0.000000149. The van der Waals surface area contributed by atoms with Crippen LogP contribution >= 0.6 is 0 Å². The molecule has 0 bridgehead atoms. The van der Waals surface area contributed by atoms with Gasteiger partial charge in [-0.1, -0.05) is 12.1 Å². The number of hydrogen-bond donors (Lipinski definition) is 1. The van der Waals surface area contributed by atoms with Gasteiger partial charge in [-0.2, -0.15) is 0 Å². The summed E-state index contributed by atoms with van der Waals surface area (Å²) in [5.74, 6) is 0.295. The van der Waals surface area contributed by atoms with Gasteiger partial charge in [-0.15, -0.1) is 0 Å². The maximum atomic E-state index is 12.4. The van der Waals surface area contributed by atoms with Crippen LogP contribution < -0.4 is 0 Å². The van der Waals surface area contributed by atoms with E-state index in [2.05, 4.69) is 4.98 Å². The van der Waals surface area contributed by atoms with E-state index in [1.807, 2.05) is 39.8 Å². The molecule has 6 rings (SSSR count). The molecule has 0 amide bonds. The van der Waals surface area contributed by atoms with Gasteiger partial charge in [-0.3, -0.25) is 14.6 Å². The van der Waals surface area contributed by atoms with Gasteiger partial charge in [-0.05, 0) is 24.6 Å². The zero-order valence-electron chi connectivity index (χ0n) is 16.3. The van der Waals surface area contributed by atoms with Crippen molar-refractivity contribution in [2.75, 3.05) is 39.3 Å². The highest BCUT2D eigenvalue weighted by molar-refractivity contribution is 6.22. The van der Waals surface area contributed by atoms with E-state index in [0.29, 0.717) is 22.6 Å². The quantitative estimate of drug-likeness (QED) is 0.433. The fourth-order valence-corrected chi connectivity index (χ4v) is 3.57. The van der Waals surface area contributed by atoms with Gasteiger partial charge in [0.05, 0.1) is 5.70 Å². The van der Waals surface area contributed by atoms with Crippen LogP contribution in [-0.2, 0) is 9.59 Å². The number of hydrogen-bond acceptors (Lipinski definition) is 7. The minimum Gasteiger partial charge on any atom is -0.506 e. The van der Waals surface area contributed by atoms with Crippen molar-refractivity contribution in [3.63, 3.8) is 0 Å². The molecule has 4 heterocycles. The number of para-hydroxylation sites is 1. The van der Waals surface area contributed by atoms with Crippen molar-refractivity contribution < 1.29 is 14.7 Å². The van der Waals surface area contributed by atoms with Crippen LogP contribution in [0.5, 0.6) is 5.75 Å². The molecule has 0 radical (unpaired) electrons. The van der Waals surface area contributed by atoms with Gasteiger partial charge in [0.2, 0.25) is 11.6 Å². The number of rotatable bonds is 3. The van der Waals surface area contributed by atoms with Crippen LogP contribution in [0.2, 0.25) is 0 Å². The largest absolute Gasteiger partial charge is 0.506 e. The van der Waals surface area contributed by atoms with E-state index in [1.165, 1.54) is 6.08 Å². The molecule has 7 nitrogen and oxygen atoms in total. The first kappa shape index (κ1) is 20.5. The van der Waals surface area contributed by atoms with Gasteiger partial charge < -0.3 is 19.8 Å². The summed E-state index contributed by atoms with van der Waals surface area (Å²) in [4.78, 5) is 34.6. The number of allylic oxidation sites excluding steroid dienone is 1. The van der Waals surface area contributed by atoms with Crippen LogP contribution in [0.4, 0.5) is 0 Å². The normalized spacial score (nSPS) is 19.2. The van der Waals surface area contributed by atoms with E-state index in [-0.39, 0.29) is 34.7 Å². The number of phenols is 1. The number of pyridine rings is 1. The second-order valence-electron chi connectivity index (χ2n) is 7.68. The van der Waals surface area contributed by atoms with Gasteiger partial charge in [0.25, 0.3) is 0 Å². The maximum absolute atomic E-state index is 12.4. The summed E-state index contributed by atoms with van der Waals surface area (Å²) in [6.07, 6.45) is 3.23. The third-order valence-electron chi connectivity index (χ3n) is 5.46. The molecule has 30 heavy (non-hydrogen) atoms. The lowest BCUT2D eigenvalue weighted by atomic mass is 10.0. The number of phenolic OH excluding ortho intramolecular Hbond substituents is 1. The molecule has 1 aliphatic carbocycles. The molecular formula is C22H25AlN4O3. The van der Waals surface area contributed by atoms with E-state index in [9.17, 15) is 14.7 Å². The molecular weight excluding hydrogens is 395 g/mol. The number of aryl methyl sites for hydroxylation is 1. The number of carbonyl (C=O) groups is 2. The van der Waals surface area contributed by atoms with E-state index < -0.39 is 0 Å². The molecule has 1 aromatic heterocycles. The molecule has 0 unspecified atom stereocenters. The number of fused-ring (bicyclic) bond motifs is 1. The van der Waals surface area contributed by atoms with E-state index in [1.54, 1.807) is 12.3 Å². The molecule has 2 aromatic rings. The summed E-state index contributed by atoms with van der Waals surface area (Å²) in [6.45, 7) is 7.41. The topological polar surface area (TPSA) is 76.3 Å². The van der Waals surface area contributed by atoms with Crippen molar-refractivity contribution in [2.24, 2.45) is 0 Å². The summed E-state index contributed by atoms with van der Waals surface area (Å²) in [5, 5.41) is 10.4. The van der Waals surface area contributed by atoms with Gasteiger partial charge in [0, 0.05) is 56.9 Å². The molecule has 154 valence electrons. The van der Waals surface area contributed by atoms with E-state index >= 15 is 0 Å². The lowest BCUT2D eigenvalue weighted by molar-refractivity contribution is -0.117. The Morgan fingerprint density at radius 1 is 0.900 bits per heavy atom. The first-order chi connectivity index (χ1) is 14.0. The maximum Gasteiger partial charge on any atom is 0.227 e. The Bertz CT molecular complexity index is 1060. The minimum atomic E-state index is 0. The fraction of sp³-hybridized carbons (Fsp3) is 0.318. The number of nitrogens with zero attached hydrogens (tertiary/aromatic N) is 4. The molecule has 0 atom stereocenters. The average molecular weight is 420 g/mol. The number of aromatic nitrogens is 1. The van der Waals surface area contributed by atoms with E-state index in [0.717, 1.165) is 50.2 Å². The first-order valence-corrected chi connectivity index (χ1v) is 9.88. The Hall–Kier alpha value is -2.82. The summed E-state index contributed by atoms with van der Waals surface area (Å²) < 4.78 is 0. The van der Waals surface area contributed by atoms with E-state index in [4.69, 9.17) is 0 Å². The summed E-state index contributed by atoms with van der Waals surface area (Å²) in [7, 11) is 0. The smallest absolute Gasteiger partial charge is 0.227 e. The summed E-state index contributed by atoms with van der Waals surface area (Å²) in [6, 6.07) is 7.36. The second kappa shape index (κ2) is 7.78. The first-order valence-electron chi connectivity index (χ1n) is 9.88. The Morgan fingerprint density at radius 3 is 2.13 bits per heavy atom. The lowest BCUT2D eigenvalue weighted by Crippen LogP contribution is -2.29. The Morgan fingerprint density at radius 2 is 1.53 bits per heavy atom. The lowest BCUT2D eigenvalue weighted by Gasteiger charge is -2.21. The van der Waals surface area contributed by atoms with Crippen molar-refractivity contribution in [1.29, 1.82) is 0 Å². The van der Waals surface area contributed by atoms with Crippen molar-refractivity contribution >= 4 is 39.8 Å². The van der Waals surface area contributed by atoms with Crippen molar-refractivity contribution in [2.45, 2.75) is 6.92 Å². The number of aromatic hydroxyl groups is 1. The standard InChI is InChI=1S/C12H13N3O2.C10H9NO.Al.3H/c16-9-7-8(13-1-2-13)12(17)11(15-5-6-15)10(9)14-3-4-14;1-7-5-6-11-10-8(7)3-2-4-9(10)12;;;;/h7H,1-6H2;2-6,12H,1H3;;;;. The zero-order chi connectivity index (χ0) is 20.1. The second-order valence-corrected chi connectivity index (χ2v) is 7.68. The molecule has 0 spiro atoms. The molecule has 3 aliphatic heterocycles. The molecule has 3 saturated heterocycles. The van der Waals surface area contributed by atoms with Crippen LogP contribution in [0.1, 0.15) is 5.56 Å². The summed E-state index contributed by atoms with van der Waals surface area (Å²) >= 11 is 0. The van der Waals surface area contributed by atoms with Crippen LogP contribution in [0.25, 0.3) is 10.9 Å². The molecule has 8 heteroatoms. The fourth-order valence-electron chi connectivity index (χ4n) is 3.57. The van der Waals surface area contributed by atoms with Crippen LogP contribution in [0, 0.1) is 6.92 Å². The Kier molecular flexibility index (Phi) is 5.31. The molecule has 0 saturated carbocycles. The van der Waals surface area contributed by atoms with Crippen LogP contribution in [0.3, 0.4) is 0 Å². The number of benzene rings is 1. The highest BCUT2D eigenvalue weighted by Gasteiger charge is 2.43.